The lowest BCUT2D eigenvalue weighted by atomic mass is 9.98. The Morgan fingerprint density at radius 1 is 1.32 bits per heavy atom. The van der Waals surface area contributed by atoms with Crippen LogP contribution in [0.3, 0.4) is 0 Å². The number of carbonyl (C=O) groups is 1. The van der Waals surface area contributed by atoms with Crippen LogP contribution in [-0.4, -0.2) is 41.3 Å². The van der Waals surface area contributed by atoms with Crippen molar-refractivity contribution < 1.29 is 18.5 Å². The van der Waals surface area contributed by atoms with Crippen LogP contribution in [0, 0.1) is 19.8 Å². The molecule has 1 fully saturated rings. The molecule has 0 aliphatic carbocycles. The third-order valence-corrected chi connectivity index (χ3v) is 5.02. The highest BCUT2D eigenvalue weighted by Crippen LogP contribution is 2.34. The molecule has 0 spiro atoms. The van der Waals surface area contributed by atoms with E-state index in [-0.39, 0.29) is 11.9 Å². The molecule has 0 amide bonds. The Balaban J connectivity index is 1.74. The fraction of sp³-hybridized carbons (Fsp3) is 0.400. The van der Waals surface area contributed by atoms with Crippen molar-refractivity contribution in [3.05, 3.63) is 36.0 Å². The van der Waals surface area contributed by atoms with Gasteiger partial charge in [-0.05, 0) is 32.8 Å². The van der Waals surface area contributed by atoms with Gasteiger partial charge in [-0.2, -0.15) is 0 Å². The van der Waals surface area contributed by atoms with Gasteiger partial charge in [-0.15, -0.1) is 0 Å². The minimum atomic E-state index is -0.190. The predicted octanol–water partition coefficient (Wildman–Crippen LogP) is 3.40. The van der Waals surface area contributed by atoms with E-state index in [1.54, 1.807) is 12.5 Å². The average molecular weight is 382 g/mol. The van der Waals surface area contributed by atoms with Gasteiger partial charge in [0.25, 0.3) is 0 Å². The van der Waals surface area contributed by atoms with Crippen molar-refractivity contribution in [3.8, 4) is 22.6 Å². The Morgan fingerprint density at radius 3 is 2.86 bits per heavy atom. The number of ether oxygens (including phenoxy) is 1. The van der Waals surface area contributed by atoms with E-state index < -0.39 is 0 Å². The summed E-state index contributed by atoms with van der Waals surface area (Å²) in [5.74, 6) is 1.57. The van der Waals surface area contributed by atoms with Crippen molar-refractivity contribution in [1.82, 2.24) is 15.1 Å². The number of piperidine rings is 1. The second-order valence-electron chi connectivity index (χ2n) is 6.96. The molecular weight excluding hydrogens is 360 g/mol. The van der Waals surface area contributed by atoms with Crippen LogP contribution < -0.4 is 4.90 Å². The van der Waals surface area contributed by atoms with E-state index >= 15 is 0 Å². The summed E-state index contributed by atoms with van der Waals surface area (Å²) in [5.41, 5.74) is 3.11. The highest BCUT2D eigenvalue weighted by Gasteiger charge is 2.28. The van der Waals surface area contributed by atoms with Crippen molar-refractivity contribution in [1.29, 1.82) is 0 Å². The van der Waals surface area contributed by atoms with E-state index in [0.29, 0.717) is 23.9 Å². The largest absolute Gasteiger partial charge is 0.469 e. The zero-order chi connectivity index (χ0) is 19.7. The summed E-state index contributed by atoms with van der Waals surface area (Å²) < 4.78 is 15.8. The molecule has 3 aromatic rings. The normalized spacial score (nSPS) is 17.0. The maximum absolute atomic E-state index is 12.0. The van der Waals surface area contributed by atoms with Crippen LogP contribution >= 0.6 is 0 Å². The molecule has 8 nitrogen and oxygen atoms in total. The first-order valence-corrected chi connectivity index (χ1v) is 9.24. The van der Waals surface area contributed by atoms with Crippen LogP contribution in [0.25, 0.3) is 22.6 Å². The number of hydrogen-bond donors (Lipinski definition) is 0. The van der Waals surface area contributed by atoms with Crippen molar-refractivity contribution in [2.75, 3.05) is 25.1 Å². The van der Waals surface area contributed by atoms with Crippen LogP contribution in [0.15, 0.2) is 33.5 Å². The molecule has 28 heavy (non-hydrogen) atoms. The van der Waals surface area contributed by atoms with Gasteiger partial charge in [-0.25, -0.2) is 9.97 Å². The first kappa shape index (κ1) is 18.2. The lowest BCUT2D eigenvalue weighted by Crippen LogP contribution is -2.40. The number of aryl methyl sites for hydroxylation is 2. The van der Waals surface area contributed by atoms with Gasteiger partial charge in [-0.3, -0.25) is 4.79 Å². The minimum absolute atomic E-state index is 0.168. The molecular formula is C20H22N4O4. The molecule has 0 unspecified atom stereocenters. The topological polar surface area (TPSA) is 94.5 Å². The van der Waals surface area contributed by atoms with Gasteiger partial charge in [0.05, 0.1) is 36.2 Å². The maximum atomic E-state index is 12.0. The van der Waals surface area contributed by atoms with Gasteiger partial charge >= 0.3 is 5.97 Å². The number of methoxy groups -OCH3 is 1. The molecule has 1 aliphatic heterocycles. The van der Waals surface area contributed by atoms with Gasteiger partial charge in [-0.1, -0.05) is 5.16 Å². The molecule has 1 saturated heterocycles. The number of rotatable bonds is 4. The molecule has 3 aromatic heterocycles. The summed E-state index contributed by atoms with van der Waals surface area (Å²) in [5, 5.41) is 3.97. The summed E-state index contributed by atoms with van der Waals surface area (Å²) in [6.07, 6.45) is 5.07. The minimum Gasteiger partial charge on any atom is -0.469 e. The molecule has 0 aromatic carbocycles. The van der Waals surface area contributed by atoms with Gasteiger partial charge in [0, 0.05) is 30.9 Å². The van der Waals surface area contributed by atoms with Crippen LogP contribution in [0.1, 0.15) is 24.3 Å². The molecule has 0 saturated carbocycles. The van der Waals surface area contributed by atoms with Crippen molar-refractivity contribution >= 4 is 11.9 Å². The zero-order valence-electron chi connectivity index (χ0n) is 16.1. The maximum Gasteiger partial charge on any atom is 0.310 e. The smallest absolute Gasteiger partial charge is 0.310 e. The first-order chi connectivity index (χ1) is 13.6. The molecule has 8 heteroatoms. The van der Waals surface area contributed by atoms with E-state index in [0.717, 1.165) is 42.0 Å². The average Bonchev–Trinajstić information content (AvgIpc) is 3.35. The first-order valence-electron chi connectivity index (χ1n) is 9.24. The summed E-state index contributed by atoms with van der Waals surface area (Å²) in [7, 11) is 1.42. The van der Waals surface area contributed by atoms with E-state index in [1.165, 1.54) is 7.11 Å². The Bertz CT molecular complexity index is 994. The number of carbonyl (C=O) groups excluding carboxylic acids is 1. The third-order valence-electron chi connectivity index (χ3n) is 5.02. The second-order valence-corrected chi connectivity index (χ2v) is 6.96. The molecule has 0 radical (unpaired) electrons. The van der Waals surface area contributed by atoms with Crippen LogP contribution in [-0.2, 0) is 9.53 Å². The number of anilines is 1. The van der Waals surface area contributed by atoms with Gasteiger partial charge in [0.1, 0.15) is 5.76 Å². The Kier molecular flexibility index (Phi) is 4.85. The molecule has 146 valence electrons. The highest BCUT2D eigenvalue weighted by atomic mass is 16.5. The van der Waals surface area contributed by atoms with Crippen LogP contribution in [0.2, 0.25) is 0 Å². The fourth-order valence-electron chi connectivity index (χ4n) is 3.55. The van der Waals surface area contributed by atoms with Crippen molar-refractivity contribution in [3.63, 3.8) is 0 Å². The monoisotopic (exact) mass is 382 g/mol. The molecule has 4 rings (SSSR count). The fourth-order valence-corrected chi connectivity index (χ4v) is 3.55. The highest BCUT2D eigenvalue weighted by molar-refractivity contribution is 5.79. The molecule has 0 N–H and O–H groups in total. The summed E-state index contributed by atoms with van der Waals surface area (Å²) >= 11 is 0. The second kappa shape index (κ2) is 7.46. The van der Waals surface area contributed by atoms with E-state index in [4.69, 9.17) is 18.7 Å². The van der Waals surface area contributed by atoms with Crippen LogP contribution in [0.5, 0.6) is 0 Å². The number of nitrogens with zero attached hydrogens (tertiary/aromatic N) is 4. The summed E-state index contributed by atoms with van der Waals surface area (Å²) in [4.78, 5) is 23.4. The lowest BCUT2D eigenvalue weighted by Gasteiger charge is -2.31. The Labute approximate surface area is 162 Å². The third kappa shape index (κ3) is 3.37. The summed E-state index contributed by atoms with van der Waals surface area (Å²) in [6.45, 7) is 5.09. The van der Waals surface area contributed by atoms with Gasteiger partial charge in [0.15, 0.2) is 5.76 Å². The van der Waals surface area contributed by atoms with Crippen LogP contribution in [0.4, 0.5) is 5.95 Å². The van der Waals surface area contributed by atoms with E-state index in [9.17, 15) is 4.79 Å². The lowest BCUT2D eigenvalue weighted by molar-refractivity contribution is -0.145. The predicted molar refractivity (Wildman–Crippen MR) is 102 cm³/mol. The quantitative estimate of drug-likeness (QED) is 0.634. The number of furan rings is 1. The van der Waals surface area contributed by atoms with Crippen molar-refractivity contribution in [2.24, 2.45) is 5.92 Å². The Morgan fingerprint density at radius 2 is 2.18 bits per heavy atom. The molecule has 0 bridgehead atoms. The van der Waals surface area contributed by atoms with Crippen molar-refractivity contribution in [2.45, 2.75) is 26.7 Å². The van der Waals surface area contributed by atoms with Gasteiger partial charge < -0.3 is 18.6 Å². The zero-order valence-corrected chi connectivity index (χ0v) is 16.1. The number of hydrogen-bond acceptors (Lipinski definition) is 8. The Hall–Kier alpha value is -3.16. The summed E-state index contributed by atoms with van der Waals surface area (Å²) in [6, 6.07) is 3.73. The van der Waals surface area contributed by atoms with Gasteiger partial charge in [0.2, 0.25) is 5.95 Å². The number of aromatic nitrogens is 3. The molecule has 4 heterocycles. The van der Waals surface area contributed by atoms with E-state index in [2.05, 4.69) is 10.1 Å². The molecule has 1 atom stereocenters. The molecule has 1 aliphatic rings. The van der Waals surface area contributed by atoms with E-state index in [1.807, 2.05) is 30.9 Å². The SMILES string of the molecule is COC(=O)[C@@H]1CCCN(c2ncc(-c3cc(C)no3)c(-c3ccoc3C)n2)C1. The number of esters is 1. The standard InChI is InChI=1S/C20H22N4O4/c1-12-9-17(28-23-12)16-10-21-20(22-18(16)15-6-8-27-13(15)2)24-7-4-5-14(11-24)19(25)26-3/h6,8-10,14H,4-5,7,11H2,1-3H3/t14-/m1/s1.